The van der Waals surface area contributed by atoms with Crippen LogP contribution >= 0.6 is 0 Å². The number of rotatable bonds is 3. The highest BCUT2D eigenvalue weighted by Gasteiger charge is 2.67. The van der Waals surface area contributed by atoms with Crippen molar-refractivity contribution < 1.29 is 9.90 Å². The molecule has 0 unspecified atom stereocenters. The van der Waals surface area contributed by atoms with Crippen LogP contribution < -0.4 is 0 Å². The maximum atomic E-state index is 12.5. The molecule has 1 saturated heterocycles. The molecule has 2 saturated carbocycles. The highest BCUT2D eigenvalue weighted by Crippen LogP contribution is 2.65. The number of ketones is 1. The second kappa shape index (κ2) is 4.79. The number of carbonyl (C=O) groups is 1. The average molecular weight is 280 g/mol. The Labute approximate surface area is 122 Å². The molecule has 4 heteroatoms. The van der Waals surface area contributed by atoms with Gasteiger partial charge in [-0.2, -0.15) is 0 Å². The van der Waals surface area contributed by atoms with Crippen molar-refractivity contribution in [1.29, 1.82) is 0 Å². The smallest absolute Gasteiger partial charge is 0.142 e. The summed E-state index contributed by atoms with van der Waals surface area (Å²) in [6.07, 6.45) is 2.19. The summed E-state index contributed by atoms with van der Waals surface area (Å²) in [5, 5.41) is 10.9. The van der Waals surface area contributed by atoms with Gasteiger partial charge in [0.2, 0.25) is 0 Å². The van der Waals surface area contributed by atoms with Crippen LogP contribution in [0.5, 0.6) is 0 Å². The van der Waals surface area contributed by atoms with Crippen molar-refractivity contribution >= 4 is 5.78 Å². The number of fused-ring (bicyclic) bond motifs is 2. The van der Waals surface area contributed by atoms with Gasteiger partial charge >= 0.3 is 0 Å². The summed E-state index contributed by atoms with van der Waals surface area (Å²) in [6, 6.07) is 0. The third-order valence-electron chi connectivity index (χ3n) is 6.58. The Morgan fingerprint density at radius 1 is 1.30 bits per heavy atom. The van der Waals surface area contributed by atoms with E-state index >= 15 is 0 Å². The Balaban J connectivity index is 1.73. The van der Waals surface area contributed by atoms with Gasteiger partial charge in [-0.1, -0.05) is 13.8 Å². The van der Waals surface area contributed by atoms with E-state index in [-0.39, 0.29) is 5.41 Å². The summed E-state index contributed by atoms with van der Waals surface area (Å²) >= 11 is 0. The molecule has 114 valence electrons. The molecule has 0 radical (unpaired) electrons. The van der Waals surface area contributed by atoms with Crippen molar-refractivity contribution in [3.8, 4) is 0 Å². The SMILES string of the molecule is CN1CCN(C[C@@H](O)[C@]23CC[C@H](CC2=O)C3(C)C)CC1. The van der Waals surface area contributed by atoms with Crippen molar-refractivity contribution in [1.82, 2.24) is 9.80 Å². The van der Waals surface area contributed by atoms with Crippen molar-refractivity contribution in [2.45, 2.75) is 39.2 Å². The molecule has 3 rings (SSSR count). The normalized spacial score (nSPS) is 39.4. The van der Waals surface area contributed by atoms with E-state index in [0.29, 0.717) is 24.7 Å². The third-order valence-corrected chi connectivity index (χ3v) is 6.58. The lowest BCUT2D eigenvalue weighted by Gasteiger charge is -2.43. The number of aliphatic hydroxyl groups is 1. The van der Waals surface area contributed by atoms with Crippen LogP contribution in [0.15, 0.2) is 0 Å². The molecule has 1 N–H and O–H groups in total. The number of hydrogen-bond acceptors (Lipinski definition) is 4. The fourth-order valence-electron chi connectivity index (χ4n) is 4.92. The number of hydrogen-bond donors (Lipinski definition) is 1. The fraction of sp³-hybridized carbons (Fsp3) is 0.938. The standard InChI is InChI=1S/C16H28N2O2/c1-15(2)12-4-5-16(15,13(19)10-12)14(20)11-18-8-6-17(3)7-9-18/h12,14,20H,4-11H2,1-3H3/t12-,14-,16+/m1/s1. The molecule has 0 aromatic rings. The first kappa shape index (κ1) is 14.5. The van der Waals surface area contributed by atoms with Gasteiger partial charge in [0.15, 0.2) is 0 Å². The van der Waals surface area contributed by atoms with Crippen LogP contribution in [-0.2, 0) is 4.79 Å². The van der Waals surface area contributed by atoms with E-state index in [1.165, 1.54) is 0 Å². The summed E-state index contributed by atoms with van der Waals surface area (Å²) in [7, 11) is 2.14. The van der Waals surface area contributed by atoms with Crippen LogP contribution in [0.25, 0.3) is 0 Å². The molecule has 0 aromatic heterocycles. The molecular weight excluding hydrogens is 252 g/mol. The Kier molecular flexibility index (Phi) is 3.47. The first-order valence-corrected chi connectivity index (χ1v) is 8.00. The lowest BCUT2D eigenvalue weighted by Crippen LogP contribution is -2.54. The molecule has 2 aliphatic carbocycles. The Bertz CT molecular complexity index is 401. The number of likely N-dealkylation sites (N-methyl/N-ethyl adjacent to an activating group) is 1. The van der Waals surface area contributed by atoms with Gasteiger partial charge in [0, 0.05) is 39.1 Å². The highest BCUT2D eigenvalue weighted by molar-refractivity contribution is 5.90. The van der Waals surface area contributed by atoms with E-state index in [1.807, 2.05) is 0 Å². The number of carbonyl (C=O) groups excluding carboxylic acids is 1. The van der Waals surface area contributed by atoms with Gasteiger partial charge in [-0.25, -0.2) is 0 Å². The largest absolute Gasteiger partial charge is 0.391 e. The molecule has 3 fully saturated rings. The summed E-state index contributed by atoms with van der Waals surface area (Å²) in [5.41, 5.74) is -0.503. The number of Topliss-reactive ketones (excluding diaryl/α,β-unsaturated/α-hetero) is 1. The zero-order valence-electron chi connectivity index (χ0n) is 13.1. The van der Waals surface area contributed by atoms with Gasteiger partial charge in [-0.15, -0.1) is 0 Å². The van der Waals surface area contributed by atoms with Crippen molar-refractivity contribution in [2.24, 2.45) is 16.7 Å². The monoisotopic (exact) mass is 280 g/mol. The second-order valence-electron chi connectivity index (χ2n) is 7.68. The third kappa shape index (κ3) is 1.88. The van der Waals surface area contributed by atoms with Crippen LogP contribution in [0.1, 0.15) is 33.1 Å². The molecule has 3 atom stereocenters. The number of β-amino-alcohol motifs (C(OH)–C–C–N with tert-alkyl or cyclic N) is 1. The molecule has 0 spiro atoms. The van der Waals surface area contributed by atoms with Gasteiger partial charge in [0.05, 0.1) is 11.5 Å². The minimum atomic E-state index is -0.499. The van der Waals surface area contributed by atoms with Gasteiger partial charge in [-0.05, 0) is 31.2 Å². The molecule has 3 aliphatic rings. The predicted octanol–water partition coefficient (Wildman–Crippen LogP) is 0.990. The second-order valence-corrected chi connectivity index (χ2v) is 7.68. The topological polar surface area (TPSA) is 43.8 Å². The first-order chi connectivity index (χ1) is 9.38. The van der Waals surface area contributed by atoms with E-state index < -0.39 is 11.5 Å². The first-order valence-electron chi connectivity index (χ1n) is 8.00. The maximum absolute atomic E-state index is 12.5. The van der Waals surface area contributed by atoms with Gasteiger partial charge < -0.3 is 10.0 Å². The Morgan fingerprint density at radius 2 is 1.95 bits per heavy atom. The minimum Gasteiger partial charge on any atom is -0.391 e. The van der Waals surface area contributed by atoms with Gasteiger partial charge in [0.1, 0.15) is 5.78 Å². The van der Waals surface area contributed by atoms with Crippen LogP contribution in [0.2, 0.25) is 0 Å². The summed E-state index contributed by atoms with van der Waals surface area (Å²) < 4.78 is 0. The molecular formula is C16H28N2O2. The predicted molar refractivity (Wildman–Crippen MR) is 78.5 cm³/mol. The van der Waals surface area contributed by atoms with E-state index in [4.69, 9.17) is 0 Å². The number of piperazine rings is 1. The zero-order valence-corrected chi connectivity index (χ0v) is 13.1. The molecule has 2 bridgehead atoms. The maximum Gasteiger partial charge on any atom is 0.142 e. The van der Waals surface area contributed by atoms with Crippen LogP contribution in [0.4, 0.5) is 0 Å². The van der Waals surface area contributed by atoms with E-state index in [2.05, 4.69) is 30.7 Å². The Hall–Kier alpha value is -0.450. The quantitative estimate of drug-likeness (QED) is 0.837. The van der Waals surface area contributed by atoms with Crippen LogP contribution in [0, 0.1) is 16.7 Å². The lowest BCUT2D eigenvalue weighted by molar-refractivity contribution is -0.140. The number of aliphatic hydroxyl groups excluding tert-OH is 1. The Morgan fingerprint density at radius 3 is 2.45 bits per heavy atom. The summed E-state index contributed by atoms with van der Waals surface area (Å²) in [6.45, 7) is 9.17. The molecule has 4 nitrogen and oxygen atoms in total. The van der Waals surface area contributed by atoms with Crippen molar-refractivity contribution in [2.75, 3.05) is 39.8 Å². The molecule has 0 aromatic carbocycles. The van der Waals surface area contributed by atoms with E-state index in [0.717, 1.165) is 39.0 Å². The highest BCUT2D eigenvalue weighted by atomic mass is 16.3. The summed E-state index contributed by atoms with van der Waals surface area (Å²) in [5.74, 6) is 0.803. The van der Waals surface area contributed by atoms with E-state index in [1.54, 1.807) is 0 Å². The van der Waals surface area contributed by atoms with Crippen LogP contribution in [0.3, 0.4) is 0 Å². The van der Waals surface area contributed by atoms with Crippen molar-refractivity contribution in [3.05, 3.63) is 0 Å². The van der Waals surface area contributed by atoms with Gasteiger partial charge in [-0.3, -0.25) is 9.69 Å². The average Bonchev–Trinajstić information content (AvgIpc) is 2.76. The fourth-order valence-corrected chi connectivity index (χ4v) is 4.92. The molecule has 20 heavy (non-hydrogen) atoms. The lowest BCUT2D eigenvalue weighted by atomic mass is 9.65. The number of nitrogens with zero attached hydrogens (tertiary/aromatic N) is 2. The zero-order chi connectivity index (χ0) is 14.5. The molecule has 0 amide bonds. The van der Waals surface area contributed by atoms with E-state index in [9.17, 15) is 9.90 Å². The minimum absolute atomic E-state index is 0.0317. The molecule has 1 aliphatic heterocycles. The van der Waals surface area contributed by atoms with Crippen LogP contribution in [-0.4, -0.2) is 66.6 Å². The van der Waals surface area contributed by atoms with Gasteiger partial charge in [0.25, 0.3) is 0 Å². The van der Waals surface area contributed by atoms with Crippen molar-refractivity contribution in [3.63, 3.8) is 0 Å². The summed E-state index contributed by atoms with van der Waals surface area (Å²) in [4.78, 5) is 17.2. The molecule has 1 heterocycles.